The number of H-pyrrole nitrogens is 1. The van der Waals surface area contributed by atoms with Crippen molar-refractivity contribution in [3.63, 3.8) is 0 Å². The Labute approximate surface area is 152 Å². The van der Waals surface area contributed by atoms with Gasteiger partial charge in [-0.25, -0.2) is 13.2 Å². The van der Waals surface area contributed by atoms with Crippen molar-refractivity contribution in [1.82, 2.24) is 4.98 Å². The van der Waals surface area contributed by atoms with Crippen molar-refractivity contribution in [1.29, 1.82) is 0 Å². The van der Waals surface area contributed by atoms with Crippen LogP contribution in [0.25, 0.3) is 0 Å². The number of hydrogen-bond donors (Lipinski definition) is 1. The van der Waals surface area contributed by atoms with E-state index in [1.165, 1.54) is 0 Å². The van der Waals surface area contributed by atoms with Crippen LogP contribution in [-0.2, 0) is 24.1 Å². The van der Waals surface area contributed by atoms with Gasteiger partial charge >= 0.3 is 11.9 Å². The van der Waals surface area contributed by atoms with Gasteiger partial charge in [-0.05, 0) is 38.7 Å². The molecule has 144 valence electrons. The zero-order valence-corrected chi connectivity index (χ0v) is 15.9. The second-order valence-corrected chi connectivity index (χ2v) is 8.63. The highest BCUT2D eigenvalue weighted by atomic mass is 32.2. The summed E-state index contributed by atoms with van der Waals surface area (Å²) >= 11 is 0. The fraction of sp³-hybridized carbons (Fsp3) is 0.588. The molecule has 0 aromatic carbocycles. The predicted octanol–water partition coefficient (Wildman–Crippen LogP) is 1.36. The van der Waals surface area contributed by atoms with Gasteiger partial charge in [0.2, 0.25) is 5.78 Å². The van der Waals surface area contributed by atoms with Crippen LogP contribution in [0.5, 0.6) is 0 Å². The fourth-order valence-electron chi connectivity index (χ4n) is 3.08. The van der Waals surface area contributed by atoms with Crippen LogP contribution in [0.15, 0.2) is 0 Å². The molecule has 0 spiro atoms. The van der Waals surface area contributed by atoms with E-state index in [1.807, 2.05) is 0 Å². The highest BCUT2D eigenvalue weighted by Crippen LogP contribution is 2.22. The Bertz CT molecular complexity index is 822. The van der Waals surface area contributed by atoms with Gasteiger partial charge in [0.05, 0.1) is 29.4 Å². The summed E-state index contributed by atoms with van der Waals surface area (Å²) in [6.07, 6.45) is 0.409. The van der Waals surface area contributed by atoms with Crippen LogP contribution in [0.4, 0.5) is 0 Å². The number of sulfone groups is 1. The Kier molecular flexibility index (Phi) is 6.22. The summed E-state index contributed by atoms with van der Waals surface area (Å²) in [5, 5.41) is 0. The largest absolute Gasteiger partial charge is 0.462 e. The van der Waals surface area contributed by atoms with Gasteiger partial charge in [0.25, 0.3) is 0 Å². The quantitative estimate of drug-likeness (QED) is 0.556. The summed E-state index contributed by atoms with van der Waals surface area (Å²) in [5.41, 5.74) is 1.45. The molecule has 1 fully saturated rings. The lowest BCUT2D eigenvalue weighted by Crippen LogP contribution is -2.18. The van der Waals surface area contributed by atoms with Gasteiger partial charge < -0.3 is 14.5 Å². The van der Waals surface area contributed by atoms with E-state index in [-0.39, 0.29) is 36.1 Å². The standard InChI is InChI=1S/C17H23NO7S/c1-4-24-17(21)15-10(2)16(18-11(15)3)13(19)8-25-14(20)7-12-5-6-26(22,23)9-12/h12,18H,4-9H2,1-3H3/t12-/m0/s1. The Morgan fingerprint density at radius 3 is 2.46 bits per heavy atom. The zero-order valence-electron chi connectivity index (χ0n) is 15.1. The first-order valence-electron chi connectivity index (χ1n) is 8.40. The molecule has 0 aliphatic carbocycles. The molecule has 1 aliphatic heterocycles. The van der Waals surface area contributed by atoms with Crippen molar-refractivity contribution in [2.45, 2.75) is 33.6 Å². The normalized spacial score (nSPS) is 18.5. The third kappa shape index (κ3) is 4.72. The van der Waals surface area contributed by atoms with Crippen LogP contribution in [-0.4, -0.2) is 55.8 Å². The topological polar surface area (TPSA) is 120 Å². The highest BCUT2D eigenvalue weighted by molar-refractivity contribution is 7.91. The molecule has 2 heterocycles. The maximum atomic E-state index is 12.3. The Morgan fingerprint density at radius 1 is 1.19 bits per heavy atom. The van der Waals surface area contributed by atoms with Crippen molar-refractivity contribution in [3.8, 4) is 0 Å². The lowest BCUT2D eigenvalue weighted by Gasteiger charge is -2.08. The first-order valence-corrected chi connectivity index (χ1v) is 10.2. The molecular weight excluding hydrogens is 362 g/mol. The molecule has 26 heavy (non-hydrogen) atoms. The number of aromatic amines is 1. The number of esters is 2. The lowest BCUT2D eigenvalue weighted by molar-refractivity contribution is -0.143. The van der Waals surface area contributed by atoms with E-state index in [9.17, 15) is 22.8 Å². The second kappa shape index (κ2) is 8.03. The molecule has 0 amide bonds. The van der Waals surface area contributed by atoms with Crippen LogP contribution >= 0.6 is 0 Å². The molecule has 0 bridgehead atoms. The van der Waals surface area contributed by atoms with E-state index < -0.39 is 34.2 Å². The average Bonchev–Trinajstić information content (AvgIpc) is 3.03. The van der Waals surface area contributed by atoms with Gasteiger partial charge in [-0.3, -0.25) is 9.59 Å². The van der Waals surface area contributed by atoms with Gasteiger partial charge in [0.1, 0.15) is 0 Å². The average molecular weight is 385 g/mol. The number of Topliss-reactive ketones (excluding diaryl/α,β-unsaturated/α-hetero) is 1. The minimum atomic E-state index is -3.06. The minimum absolute atomic E-state index is 0.0200. The van der Waals surface area contributed by atoms with E-state index in [4.69, 9.17) is 9.47 Å². The molecule has 0 radical (unpaired) electrons. The molecule has 2 rings (SSSR count). The van der Waals surface area contributed by atoms with E-state index in [0.29, 0.717) is 23.2 Å². The van der Waals surface area contributed by atoms with E-state index >= 15 is 0 Å². The molecule has 1 aromatic heterocycles. The van der Waals surface area contributed by atoms with Crippen molar-refractivity contribution in [3.05, 3.63) is 22.5 Å². The third-order valence-electron chi connectivity index (χ3n) is 4.34. The summed E-state index contributed by atoms with van der Waals surface area (Å²) in [6, 6.07) is 0. The number of aromatic nitrogens is 1. The van der Waals surface area contributed by atoms with Gasteiger partial charge in [0, 0.05) is 12.1 Å². The second-order valence-electron chi connectivity index (χ2n) is 6.40. The van der Waals surface area contributed by atoms with Crippen molar-refractivity contribution < 1.29 is 32.3 Å². The first-order chi connectivity index (χ1) is 12.1. The summed E-state index contributed by atoms with van der Waals surface area (Å²) in [7, 11) is -3.06. The molecule has 1 aliphatic rings. The monoisotopic (exact) mass is 385 g/mol. The smallest absolute Gasteiger partial charge is 0.340 e. The SMILES string of the molecule is CCOC(=O)c1c(C)[nH]c(C(=O)COC(=O)C[C@@H]2CCS(=O)(=O)C2)c1C. The number of hydrogen-bond acceptors (Lipinski definition) is 7. The summed E-state index contributed by atoms with van der Waals surface area (Å²) in [4.78, 5) is 38.9. The Hall–Kier alpha value is -2.16. The van der Waals surface area contributed by atoms with Crippen molar-refractivity contribution in [2.24, 2.45) is 5.92 Å². The molecule has 1 saturated heterocycles. The first kappa shape index (κ1) is 20.2. The summed E-state index contributed by atoms with van der Waals surface area (Å²) < 4.78 is 32.7. The number of ketones is 1. The molecule has 1 atom stereocenters. The molecule has 0 unspecified atom stereocenters. The number of aryl methyl sites for hydroxylation is 1. The van der Waals surface area contributed by atoms with E-state index in [2.05, 4.69) is 4.98 Å². The van der Waals surface area contributed by atoms with Crippen molar-refractivity contribution in [2.75, 3.05) is 24.7 Å². The fourth-order valence-corrected chi connectivity index (χ4v) is 4.95. The molecule has 0 saturated carbocycles. The molecular formula is C17H23NO7S. The van der Waals surface area contributed by atoms with E-state index in [1.54, 1.807) is 20.8 Å². The highest BCUT2D eigenvalue weighted by Gasteiger charge is 2.30. The van der Waals surface area contributed by atoms with Gasteiger partial charge in [-0.2, -0.15) is 0 Å². The lowest BCUT2D eigenvalue weighted by atomic mass is 10.1. The van der Waals surface area contributed by atoms with Crippen LogP contribution in [0.2, 0.25) is 0 Å². The van der Waals surface area contributed by atoms with Gasteiger partial charge in [0.15, 0.2) is 16.4 Å². The number of ether oxygens (including phenoxy) is 2. The summed E-state index contributed by atoms with van der Waals surface area (Å²) in [6.45, 7) is 4.72. The number of carbonyl (C=O) groups excluding carboxylic acids is 3. The maximum absolute atomic E-state index is 12.3. The van der Waals surface area contributed by atoms with Crippen LogP contribution in [0.1, 0.15) is 51.9 Å². The Balaban J connectivity index is 1.95. The minimum Gasteiger partial charge on any atom is -0.462 e. The molecule has 8 nitrogen and oxygen atoms in total. The van der Waals surface area contributed by atoms with Crippen LogP contribution in [0.3, 0.4) is 0 Å². The number of rotatable bonds is 7. The van der Waals surface area contributed by atoms with Gasteiger partial charge in [-0.15, -0.1) is 0 Å². The summed E-state index contributed by atoms with van der Waals surface area (Å²) in [5.74, 6) is -1.78. The molecule has 1 N–H and O–H groups in total. The number of carbonyl (C=O) groups is 3. The van der Waals surface area contributed by atoms with Crippen LogP contribution < -0.4 is 0 Å². The molecule has 1 aromatic rings. The maximum Gasteiger partial charge on any atom is 0.340 e. The number of nitrogens with one attached hydrogen (secondary N) is 1. The Morgan fingerprint density at radius 2 is 1.88 bits per heavy atom. The van der Waals surface area contributed by atoms with Gasteiger partial charge in [-0.1, -0.05) is 0 Å². The predicted molar refractivity (Wildman–Crippen MR) is 92.9 cm³/mol. The zero-order chi connectivity index (χ0) is 19.5. The molecule has 9 heteroatoms. The van der Waals surface area contributed by atoms with E-state index in [0.717, 1.165) is 0 Å². The third-order valence-corrected chi connectivity index (χ3v) is 6.18. The van der Waals surface area contributed by atoms with Crippen LogP contribution in [0, 0.1) is 19.8 Å². The van der Waals surface area contributed by atoms with Crippen molar-refractivity contribution >= 4 is 27.6 Å².